The lowest BCUT2D eigenvalue weighted by Crippen LogP contribution is -2.38. The predicted molar refractivity (Wildman–Crippen MR) is 122 cm³/mol. The molecule has 1 aliphatic heterocycles. The average molecular weight is 454 g/mol. The second kappa shape index (κ2) is 10.1. The highest BCUT2D eigenvalue weighted by atomic mass is 19.4. The summed E-state index contributed by atoms with van der Waals surface area (Å²) in [6.07, 6.45) is -3.82. The van der Waals surface area contributed by atoms with Crippen molar-refractivity contribution in [1.82, 2.24) is 4.90 Å². The Morgan fingerprint density at radius 3 is 2.36 bits per heavy atom. The van der Waals surface area contributed by atoms with Gasteiger partial charge >= 0.3 is 12.3 Å². The highest BCUT2D eigenvalue weighted by molar-refractivity contribution is 5.91. The quantitative estimate of drug-likeness (QED) is 0.473. The molecule has 7 heteroatoms. The van der Waals surface area contributed by atoms with Crippen molar-refractivity contribution in [2.24, 2.45) is 0 Å². The summed E-state index contributed by atoms with van der Waals surface area (Å²) in [5.41, 5.74) is 2.57. The third-order valence-electron chi connectivity index (χ3n) is 5.72. The van der Waals surface area contributed by atoms with Crippen molar-refractivity contribution in [1.29, 1.82) is 0 Å². The summed E-state index contributed by atoms with van der Waals surface area (Å²) in [4.78, 5) is 14.6. The van der Waals surface area contributed by atoms with E-state index in [1.54, 1.807) is 6.07 Å². The number of hydrogen-bond donors (Lipinski definition) is 1. The SMILES string of the molecule is O=C(Nc1ccccc1-c1ccccc1)OC1CCN(Cc2cccc(C(F)(F)F)c2)CC1. The third-order valence-corrected chi connectivity index (χ3v) is 5.72. The second-order valence-corrected chi connectivity index (χ2v) is 8.12. The molecule has 1 fully saturated rings. The number of nitrogens with zero attached hydrogens (tertiary/aromatic N) is 1. The van der Waals surface area contributed by atoms with Crippen molar-refractivity contribution >= 4 is 11.8 Å². The number of ether oxygens (including phenoxy) is 1. The van der Waals surface area contributed by atoms with E-state index >= 15 is 0 Å². The number of para-hydroxylation sites is 1. The average Bonchev–Trinajstić information content (AvgIpc) is 2.81. The molecule has 1 heterocycles. The van der Waals surface area contributed by atoms with Gasteiger partial charge in [0.15, 0.2) is 0 Å². The molecule has 4 rings (SSSR count). The molecule has 1 aliphatic rings. The lowest BCUT2D eigenvalue weighted by atomic mass is 10.0. The smallest absolute Gasteiger partial charge is 0.416 e. The lowest BCUT2D eigenvalue weighted by Gasteiger charge is -2.31. The number of likely N-dealkylation sites (tertiary alicyclic amines) is 1. The van der Waals surface area contributed by atoms with Crippen molar-refractivity contribution in [2.45, 2.75) is 31.7 Å². The first-order valence-corrected chi connectivity index (χ1v) is 10.9. The second-order valence-electron chi connectivity index (χ2n) is 8.12. The number of amides is 1. The van der Waals surface area contributed by atoms with Crippen LogP contribution < -0.4 is 5.32 Å². The van der Waals surface area contributed by atoms with E-state index in [0.29, 0.717) is 43.7 Å². The number of halogens is 3. The van der Waals surface area contributed by atoms with Crippen LogP contribution in [-0.4, -0.2) is 30.2 Å². The van der Waals surface area contributed by atoms with Gasteiger partial charge in [0.2, 0.25) is 0 Å². The standard InChI is InChI=1S/C26H25F3N2O2/c27-26(28,29)21-10-6-7-19(17-21)18-31-15-13-22(14-16-31)33-25(32)30-24-12-5-4-11-23(24)20-8-2-1-3-9-20/h1-12,17,22H,13-16,18H2,(H,30,32). The van der Waals surface area contributed by atoms with Crippen LogP contribution >= 0.6 is 0 Å². The highest BCUT2D eigenvalue weighted by Crippen LogP contribution is 2.30. The summed E-state index contributed by atoms with van der Waals surface area (Å²) in [7, 11) is 0. The van der Waals surface area contributed by atoms with Crippen molar-refractivity contribution < 1.29 is 22.7 Å². The number of anilines is 1. The normalized spacial score (nSPS) is 15.2. The van der Waals surface area contributed by atoms with E-state index in [4.69, 9.17) is 4.74 Å². The molecule has 1 N–H and O–H groups in total. The summed E-state index contributed by atoms with van der Waals surface area (Å²) in [5.74, 6) is 0. The number of carbonyl (C=O) groups excluding carboxylic acids is 1. The van der Waals surface area contributed by atoms with E-state index < -0.39 is 17.8 Å². The first-order valence-electron chi connectivity index (χ1n) is 10.9. The number of carbonyl (C=O) groups is 1. The van der Waals surface area contributed by atoms with Gasteiger partial charge in [0, 0.05) is 25.2 Å². The molecule has 0 radical (unpaired) electrons. The zero-order valence-corrected chi connectivity index (χ0v) is 18.0. The van der Waals surface area contributed by atoms with Gasteiger partial charge in [0.25, 0.3) is 0 Å². The minimum atomic E-state index is -4.34. The van der Waals surface area contributed by atoms with E-state index in [-0.39, 0.29) is 6.10 Å². The van der Waals surface area contributed by atoms with Gasteiger partial charge in [0.05, 0.1) is 11.3 Å². The molecule has 0 atom stereocenters. The summed E-state index contributed by atoms with van der Waals surface area (Å²) in [6, 6.07) is 22.7. The molecule has 0 aliphatic carbocycles. The molecule has 4 nitrogen and oxygen atoms in total. The van der Waals surface area contributed by atoms with Crippen LogP contribution in [0.3, 0.4) is 0 Å². The molecule has 1 saturated heterocycles. The van der Waals surface area contributed by atoms with E-state index in [2.05, 4.69) is 10.2 Å². The van der Waals surface area contributed by atoms with Crippen LogP contribution in [0.1, 0.15) is 24.0 Å². The van der Waals surface area contributed by atoms with Crippen LogP contribution in [0.2, 0.25) is 0 Å². The molecule has 33 heavy (non-hydrogen) atoms. The molecule has 3 aromatic carbocycles. The number of piperidine rings is 1. The van der Waals surface area contributed by atoms with E-state index in [0.717, 1.165) is 17.2 Å². The van der Waals surface area contributed by atoms with Crippen LogP contribution in [0, 0.1) is 0 Å². The van der Waals surface area contributed by atoms with Gasteiger partial charge < -0.3 is 4.74 Å². The fourth-order valence-corrected chi connectivity index (χ4v) is 4.04. The Balaban J connectivity index is 1.29. The Bertz CT molecular complexity index is 1080. The Morgan fingerprint density at radius 1 is 0.939 bits per heavy atom. The first-order chi connectivity index (χ1) is 15.9. The van der Waals surface area contributed by atoms with Gasteiger partial charge in [-0.05, 0) is 36.1 Å². The maximum absolute atomic E-state index is 12.9. The molecule has 0 saturated carbocycles. The summed E-state index contributed by atoms with van der Waals surface area (Å²) in [5, 5.41) is 2.85. The number of nitrogens with one attached hydrogen (secondary N) is 1. The number of hydrogen-bond acceptors (Lipinski definition) is 3. The molecular weight excluding hydrogens is 429 g/mol. The predicted octanol–water partition coefficient (Wildman–Crippen LogP) is 6.59. The van der Waals surface area contributed by atoms with Crippen LogP contribution in [0.15, 0.2) is 78.9 Å². The maximum atomic E-state index is 12.9. The number of alkyl halides is 3. The van der Waals surface area contributed by atoms with Crippen LogP contribution in [0.5, 0.6) is 0 Å². The fraction of sp³-hybridized carbons (Fsp3) is 0.269. The Labute approximate surface area is 191 Å². The lowest BCUT2D eigenvalue weighted by molar-refractivity contribution is -0.137. The van der Waals surface area contributed by atoms with Gasteiger partial charge in [-0.2, -0.15) is 13.2 Å². The van der Waals surface area contributed by atoms with Gasteiger partial charge in [-0.25, -0.2) is 4.79 Å². The third kappa shape index (κ3) is 6.14. The monoisotopic (exact) mass is 454 g/mol. The van der Waals surface area contributed by atoms with Crippen molar-refractivity contribution in [3.05, 3.63) is 90.0 Å². The number of benzene rings is 3. The highest BCUT2D eigenvalue weighted by Gasteiger charge is 2.30. The van der Waals surface area contributed by atoms with Gasteiger partial charge in [-0.3, -0.25) is 10.2 Å². The van der Waals surface area contributed by atoms with E-state index in [1.165, 1.54) is 12.1 Å². The summed E-state index contributed by atoms with van der Waals surface area (Å²) in [6.45, 7) is 1.73. The largest absolute Gasteiger partial charge is 0.446 e. The zero-order valence-electron chi connectivity index (χ0n) is 18.0. The Morgan fingerprint density at radius 2 is 1.64 bits per heavy atom. The molecule has 0 bridgehead atoms. The summed E-state index contributed by atoms with van der Waals surface area (Å²) < 4.78 is 44.4. The van der Waals surface area contributed by atoms with Crippen LogP contribution in [0.25, 0.3) is 11.1 Å². The molecule has 172 valence electrons. The molecule has 3 aromatic rings. The number of rotatable bonds is 5. The molecular formula is C26H25F3N2O2. The summed E-state index contributed by atoms with van der Waals surface area (Å²) >= 11 is 0. The minimum Gasteiger partial charge on any atom is -0.446 e. The van der Waals surface area contributed by atoms with E-state index in [1.807, 2.05) is 54.6 Å². The minimum absolute atomic E-state index is 0.230. The van der Waals surface area contributed by atoms with Gasteiger partial charge in [-0.15, -0.1) is 0 Å². The topological polar surface area (TPSA) is 41.6 Å². The van der Waals surface area contributed by atoms with Crippen molar-refractivity contribution in [3.8, 4) is 11.1 Å². The first kappa shape index (κ1) is 22.9. The maximum Gasteiger partial charge on any atom is 0.416 e. The zero-order chi connectivity index (χ0) is 23.3. The van der Waals surface area contributed by atoms with Crippen molar-refractivity contribution in [2.75, 3.05) is 18.4 Å². The Kier molecular flexibility index (Phi) is 6.99. The molecule has 0 unspecified atom stereocenters. The Hall–Kier alpha value is -3.32. The molecule has 1 amide bonds. The molecule has 0 spiro atoms. The van der Waals surface area contributed by atoms with Gasteiger partial charge in [0.1, 0.15) is 6.10 Å². The van der Waals surface area contributed by atoms with Crippen molar-refractivity contribution in [3.63, 3.8) is 0 Å². The van der Waals surface area contributed by atoms with Gasteiger partial charge in [-0.1, -0.05) is 66.7 Å². The fourth-order valence-electron chi connectivity index (χ4n) is 4.04. The van der Waals surface area contributed by atoms with E-state index in [9.17, 15) is 18.0 Å². The molecule has 0 aromatic heterocycles. The van der Waals surface area contributed by atoms with Crippen LogP contribution in [-0.2, 0) is 17.5 Å². The van der Waals surface area contributed by atoms with Crippen LogP contribution in [0.4, 0.5) is 23.7 Å².